The number of nitrogens with zero attached hydrogens (tertiary/aromatic N) is 2. The molecule has 2 heterocycles. The number of likely N-dealkylation sites (tertiary alicyclic amines) is 1. The summed E-state index contributed by atoms with van der Waals surface area (Å²) in [4.78, 5) is 28.7. The molecule has 1 aliphatic heterocycles. The van der Waals surface area contributed by atoms with Crippen molar-refractivity contribution in [2.24, 2.45) is 5.92 Å². The van der Waals surface area contributed by atoms with Gasteiger partial charge in [0.1, 0.15) is 5.82 Å². The average Bonchev–Trinajstić information content (AvgIpc) is 2.51. The fourth-order valence-corrected chi connectivity index (χ4v) is 2.66. The molecule has 0 aliphatic carbocycles. The van der Waals surface area contributed by atoms with E-state index in [-0.39, 0.29) is 12.5 Å². The number of carbonyl (C=O) groups is 2. The van der Waals surface area contributed by atoms with Crippen molar-refractivity contribution in [1.29, 1.82) is 0 Å². The van der Waals surface area contributed by atoms with Crippen molar-refractivity contribution in [3.63, 3.8) is 0 Å². The summed E-state index contributed by atoms with van der Waals surface area (Å²) < 4.78 is 53.7. The minimum atomic E-state index is -4.71. The number of piperidine rings is 1. The largest absolute Gasteiger partial charge is 0.449 e. The van der Waals surface area contributed by atoms with Crippen LogP contribution in [-0.2, 0) is 14.3 Å². The monoisotopic (exact) mass is 348 g/mol. The molecule has 9 heteroatoms. The first-order chi connectivity index (χ1) is 11.2. The number of pyridine rings is 1. The summed E-state index contributed by atoms with van der Waals surface area (Å²) in [5.41, 5.74) is 0.388. The molecule has 1 aromatic heterocycles. The third kappa shape index (κ3) is 4.65. The van der Waals surface area contributed by atoms with Crippen LogP contribution in [0.4, 0.5) is 17.6 Å². The van der Waals surface area contributed by atoms with Gasteiger partial charge >= 0.3 is 18.1 Å². The van der Waals surface area contributed by atoms with E-state index in [1.807, 2.05) is 6.92 Å². The molecule has 132 valence electrons. The molecule has 2 atom stereocenters. The van der Waals surface area contributed by atoms with Gasteiger partial charge in [0.05, 0.1) is 12.2 Å². The zero-order valence-electron chi connectivity index (χ0n) is 12.8. The van der Waals surface area contributed by atoms with Crippen molar-refractivity contribution >= 4 is 11.9 Å². The first-order valence-electron chi connectivity index (χ1n) is 7.32. The zero-order chi connectivity index (χ0) is 17.9. The van der Waals surface area contributed by atoms with Crippen LogP contribution in [0.5, 0.6) is 0 Å². The van der Waals surface area contributed by atoms with Gasteiger partial charge in [-0.15, -0.1) is 0 Å². The predicted molar refractivity (Wildman–Crippen MR) is 74.1 cm³/mol. The van der Waals surface area contributed by atoms with E-state index in [1.54, 1.807) is 0 Å². The van der Waals surface area contributed by atoms with Crippen molar-refractivity contribution in [3.05, 3.63) is 29.8 Å². The SMILES string of the molecule is CC1CCC(c2cncc(F)c2)N(C(=O)C(=O)OCC(F)(F)F)C1. The molecule has 0 radical (unpaired) electrons. The molecule has 24 heavy (non-hydrogen) atoms. The molecule has 2 unspecified atom stereocenters. The highest BCUT2D eigenvalue weighted by Crippen LogP contribution is 2.33. The summed E-state index contributed by atoms with van der Waals surface area (Å²) in [7, 11) is 0. The highest BCUT2D eigenvalue weighted by atomic mass is 19.4. The van der Waals surface area contributed by atoms with Gasteiger partial charge in [0.25, 0.3) is 0 Å². The normalized spacial score (nSPS) is 21.5. The van der Waals surface area contributed by atoms with Crippen LogP contribution in [0.15, 0.2) is 18.5 Å². The summed E-state index contributed by atoms with van der Waals surface area (Å²) in [6.07, 6.45) is -1.17. The maximum absolute atomic E-state index is 13.4. The van der Waals surface area contributed by atoms with Gasteiger partial charge in [0, 0.05) is 12.7 Å². The lowest BCUT2D eigenvalue weighted by Gasteiger charge is -2.38. The summed E-state index contributed by atoms with van der Waals surface area (Å²) >= 11 is 0. The average molecular weight is 348 g/mol. The Balaban J connectivity index is 2.16. The van der Waals surface area contributed by atoms with Gasteiger partial charge < -0.3 is 9.64 Å². The zero-order valence-corrected chi connectivity index (χ0v) is 12.8. The van der Waals surface area contributed by atoms with Crippen LogP contribution in [-0.4, -0.2) is 41.1 Å². The quantitative estimate of drug-likeness (QED) is 0.468. The summed E-state index contributed by atoms with van der Waals surface area (Å²) in [5, 5.41) is 0. The van der Waals surface area contributed by atoms with Gasteiger partial charge in [-0.25, -0.2) is 9.18 Å². The molecule has 2 rings (SSSR count). The van der Waals surface area contributed by atoms with E-state index in [4.69, 9.17) is 0 Å². The number of hydrogen-bond donors (Lipinski definition) is 0. The van der Waals surface area contributed by atoms with Crippen LogP contribution in [0.1, 0.15) is 31.4 Å². The third-order valence-electron chi connectivity index (χ3n) is 3.73. The minimum absolute atomic E-state index is 0.0575. The fraction of sp³-hybridized carbons (Fsp3) is 0.533. The van der Waals surface area contributed by atoms with Gasteiger partial charge in [-0.3, -0.25) is 9.78 Å². The fourth-order valence-electron chi connectivity index (χ4n) is 2.66. The van der Waals surface area contributed by atoms with Crippen LogP contribution < -0.4 is 0 Å². The summed E-state index contributed by atoms with van der Waals surface area (Å²) in [6.45, 7) is 0.190. The van der Waals surface area contributed by atoms with Crippen LogP contribution in [0.25, 0.3) is 0 Å². The number of carbonyl (C=O) groups excluding carboxylic acids is 2. The van der Waals surface area contributed by atoms with Crippen molar-refractivity contribution < 1.29 is 31.9 Å². The number of esters is 1. The molecule has 0 bridgehead atoms. The number of hydrogen-bond acceptors (Lipinski definition) is 4. The maximum atomic E-state index is 13.4. The second kappa shape index (κ2) is 7.14. The minimum Gasteiger partial charge on any atom is -0.449 e. The van der Waals surface area contributed by atoms with Crippen molar-refractivity contribution in [3.8, 4) is 0 Å². The number of ether oxygens (including phenoxy) is 1. The first kappa shape index (κ1) is 18.2. The Morgan fingerprint density at radius 3 is 2.67 bits per heavy atom. The molecule has 0 spiro atoms. The van der Waals surface area contributed by atoms with Gasteiger partial charge in [0.2, 0.25) is 0 Å². The lowest BCUT2D eigenvalue weighted by atomic mass is 9.90. The van der Waals surface area contributed by atoms with E-state index in [1.165, 1.54) is 12.3 Å². The highest BCUT2D eigenvalue weighted by molar-refractivity contribution is 6.32. The van der Waals surface area contributed by atoms with E-state index in [2.05, 4.69) is 9.72 Å². The van der Waals surface area contributed by atoms with Crippen LogP contribution in [0, 0.1) is 11.7 Å². The Hall–Kier alpha value is -2.19. The van der Waals surface area contributed by atoms with E-state index >= 15 is 0 Å². The van der Waals surface area contributed by atoms with Crippen LogP contribution in [0.2, 0.25) is 0 Å². The Bertz CT molecular complexity index is 621. The number of halogens is 4. The molecule has 1 aromatic rings. The molecule has 1 amide bonds. The Kier molecular flexibility index (Phi) is 5.40. The molecular weight excluding hydrogens is 332 g/mol. The van der Waals surface area contributed by atoms with Crippen molar-refractivity contribution in [1.82, 2.24) is 9.88 Å². The number of amides is 1. The van der Waals surface area contributed by atoms with Crippen LogP contribution in [0.3, 0.4) is 0 Å². The van der Waals surface area contributed by atoms with Crippen molar-refractivity contribution in [2.45, 2.75) is 32.0 Å². The molecular formula is C15H16F4N2O3. The van der Waals surface area contributed by atoms with E-state index < -0.39 is 36.5 Å². The van der Waals surface area contributed by atoms with E-state index in [0.717, 1.165) is 17.5 Å². The number of aromatic nitrogens is 1. The topological polar surface area (TPSA) is 59.5 Å². The molecule has 0 saturated carbocycles. The lowest BCUT2D eigenvalue weighted by Crippen LogP contribution is -2.45. The molecule has 0 N–H and O–H groups in total. The predicted octanol–water partition coefficient (Wildman–Crippen LogP) is 2.63. The number of alkyl halides is 3. The molecule has 5 nitrogen and oxygen atoms in total. The van der Waals surface area contributed by atoms with Gasteiger partial charge in [-0.2, -0.15) is 13.2 Å². The Labute approximate surface area is 135 Å². The van der Waals surface area contributed by atoms with Crippen molar-refractivity contribution in [2.75, 3.05) is 13.2 Å². The highest BCUT2D eigenvalue weighted by Gasteiger charge is 2.37. The Morgan fingerprint density at radius 1 is 1.33 bits per heavy atom. The molecule has 1 aliphatic rings. The molecule has 1 fully saturated rings. The van der Waals surface area contributed by atoms with Crippen LogP contribution >= 0.6 is 0 Å². The third-order valence-corrected chi connectivity index (χ3v) is 3.73. The first-order valence-corrected chi connectivity index (χ1v) is 7.32. The standard InChI is InChI=1S/C15H16F4N2O3/c1-9-2-3-12(10-4-11(16)6-20-5-10)21(7-9)13(22)14(23)24-8-15(17,18)19/h4-6,9,12H,2-3,7-8H2,1H3. The lowest BCUT2D eigenvalue weighted by molar-refractivity contribution is -0.190. The second-order valence-electron chi connectivity index (χ2n) is 5.78. The smallest absolute Gasteiger partial charge is 0.422 e. The summed E-state index contributed by atoms with van der Waals surface area (Å²) in [5.74, 6) is -3.28. The van der Waals surface area contributed by atoms with Gasteiger partial charge in [-0.1, -0.05) is 6.92 Å². The molecule has 1 saturated heterocycles. The second-order valence-corrected chi connectivity index (χ2v) is 5.78. The molecule has 0 aromatic carbocycles. The van der Waals surface area contributed by atoms with Gasteiger partial charge in [0.15, 0.2) is 6.61 Å². The maximum Gasteiger partial charge on any atom is 0.422 e. The van der Waals surface area contributed by atoms with Gasteiger partial charge in [-0.05, 0) is 30.4 Å². The Morgan fingerprint density at radius 2 is 2.04 bits per heavy atom. The number of rotatable bonds is 2. The van der Waals surface area contributed by atoms with E-state index in [0.29, 0.717) is 12.0 Å². The summed E-state index contributed by atoms with van der Waals surface area (Å²) in [6, 6.07) is 0.560. The van der Waals surface area contributed by atoms with E-state index in [9.17, 15) is 27.2 Å².